The van der Waals surface area contributed by atoms with Gasteiger partial charge in [0.25, 0.3) is 5.91 Å². The van der Waals surface area contributed by atoms with Crippen LogP contribution in [0.5, 0.6) is 0 Å². The lowest BCUT2D eigenvalue weighted by Crippen LogP contribution is -2.47. The van der Waals surface area contributed by atoms with Crippen molar-refractivity contribution in [2.75, 3.05) is 0 Å². The minimum absolute atomic E-state index is 0.234. The Morgan fingerprint density at radius 2 is 1.83 bits per heavy atom. The van der Waals surface area contributed by atoms with Gasteiger partial charge in [-0.2, -0.15) is 0 Å². The first-order valence-corrected chi connectivity index (χ1v) is 9.90. The van der Waals surface area contributed by atoms with Gasteiger partial charge in [-0.25, -0.2) is 0 Å². The minimum atomic E-state index is -0.789. The molecule has 30 heavy (non-hydrogen) atoms. The van der Waals surface area contributed by atoms with E-state index in [0.29, 0.717) is 22.8 Å². The summed E-state index contributed by atoms with van der Waals surface area (Å²) in [5.74, 6) is -0.0812. The number of benzene rings is 2. The van der Waals surface area contributed by atoms with Crippen molar-refractivity contribution >= 4 is 34.3 Å². The Labute approximate surface area is 178 Å². The van der Waals surface area contributed by atoms with Crippen molar-refractivity contribution < 1.29 is 14.0 Å². The maximum Gasteiger partial charge on any atom is 0.253 e. The third-order valence-corrected chi connectivity index (χ3v) is 5.19. The van der Waals surface area contributed by atoms with Gasteiger partial charge in [0.2, 0.25) is 5.91 Å². The van der Waals surface area contributed by atoms with Crippen LogP contribution in [-0.2, 0) is 17.8 Å². The molecule has 2 amide bonds. The number of halogens is 1. The summed E-state index contributed by atoms with van der Waals surface area (Å²) in [6.07, 6.45) is 3.73. The largest absolute Gasteiger partial charge is 0.467 e. The molecule has 2 aromatic carbocycles. The molecule has 3 N–H and O–H groups in total. The number of carbonyl (C=O) groups excluding carboxylic acids is 2. The average molecular weight is 422 g/mol. The van der Waals surface area contributed by atoms with Crippen molar-refractivity contribution in [2.45, 2.75) is 19.0 Å². The number of hydrogen-bond acceptors (Lipinski definition) is 3. The van der Waals surface area contributed by atoms with Gasteiger partial charge in [0.15, 0.2) is 0 Å². The number of nitrogens with one attached hydrogen (secondary N) is 3. The van der Waals surface area contributed by atoms with Gasteiger partial charge in [-0.1, -0.05) is 41.9 Å². The summed E-state index contributed by atoms with van der Waals surface area (Å²) in [4.78, 5) is 28.9. The molecule has 1 atom stereocenters. The van der Waals surface area contributed by atoms with E-state index in [1.165, 1.54) is 0 Å². The number of fused-ring (bicyclic) bond motifs is 1. The van der Waals surface area contributed by atoms with Crippen LogP contribution >= 0.6 is 11.6 Å². The van der Waals surface area contributed by atoms with Crippen LogP contribution in [0.1, 0.15) is 21.7 Å². The summed E-state index contributed by atoms with van der Waals surface area (Å²) in [5, 5.41) is 6.99. The summed E-state index contributed by atoms with van der Waals surface area (Å²) >= 11 is 6.15. The molecule has 6 nitrogen and oxygen atoms in total. The Bertz CT molecular complexity index is 1170. The maximum atomic E-state index is 12.9. The molecule has 0 saturated carbocycles. The molecule has 7 heteroatoms. The fourth-order valence-corrected chi connectivity index (χ4v) is 3.54. The fraction of sp³-hybridized carbons (Fsp3) is 0.130. The zero-order chi connectivity index (χ0) is 20.9. The molecule has 2 aromatic heterocycles. The van der Waals surface area contributed by atoms with Gasteiger partial charge in [0, 0.05) is 23.5 Å². The SMILES string of the molecule is O=C(NC(Cc1c[nH]c2ccccc12)C(=O)NCc1ccco1)c1ccccc1Cl. The maximum absolute atomic E-state index is 12.9. The van der Waals surface area contributed by atoms with E-state index in [1.54, 1.807) is 42.7 Å². The molecule has 0 radical (unpaired) electrons. The molecule has 152 valence electrons. The second-order valence-electron chi connectivity index (χ2n) is 6.87. The standard InChI is InChI=1S/C23H20ClN3O3/c24-19-9-3-1-8-18(19)22(28)27-21(23(29)26-14-16-6-5-11-30-16)12-15-13-25-20-10-4-2-7-17(15)20/h1-11,13,21,25H,12,14H2,(H,26,29)(H,27,28). The summed E-state index contributed by atoms with van der Waals surface area (Å²) < 4.78 is 5.27. The molecule has 2 heterocycles. The van der Waals surface area contributed by atoms with Gasteiger partial charge in [0.05, 0.1) is 23.4 Å². The van der Waals surface area contributed by atoms with Crippen LogP contribution < -0.4 is 10.6 Å². The third-order valence-electron chi connectivity index (χ3n) is 4.86. The number of hydrogen-bond donors (Lipinski definition) is 3. The van der Waals surface area contributed by atoms with Crippen molar-refractivity contribution in [3.05, 3.63) is 95.0 Å². The Balaban J connectivity index is 1.56. The highest BCUT2D eigenvalue weighted by atomic mass is 35.5. The second kappa shape index (κ2) is 8.88. The van der Waals surface area contributed by atoms with Crippen molar-refractivity contribution in [1.82, 2.24) is 15.6 Å². The molecule has 0 fully saturated rings. The molecule has 4 aromatic rings. The molecule has 0 bridgehead atoms. The first-order chi connectivity index (χ1) is 14.6. The van der Waals surface area contributed by atoms with Crippen LogP contribution in [0.4, 0.5) is 0 Å². The highest BCUT2D eigenvalue weighted by molar-refractivity contribution is 6.33. The van der Waals surface area contributed by atoms with Gasteiger partial charge in [-0.3, -0.25) is 9.59 Å². The molecule has 0 saturated heterocycles. The minimum Gasteiger partial charge on any atom is -0.467 e. The summed E-state index contributed by atoms with van der Waals surface area (Å²) in [6, 6.07) is 17.3. The van der Waals surface area contributed by atoms with Gasteiger partial charge in [-0.05, 0) is 35.9 Å². The van der Waals surface area contributed by atoms with Crippen LogP contribution in [-0.4, -0.2) is 22.8 Å². The molecule has 0 aliphatic rings. The third kappa shape index (κ3) is 4.39. The first kappa shape index (κ1) is 19.8. The molecular weight excluding hydrogens is 402 g/mol. The van der Waals surface area contributed by atoms with Crippen LogP contribution in [0.2, 0.25) is 5.02 Å². The first-order valence-electron chi connectivity index (χ1n) is 9.52. The van der Waals surface area contributed by atoms with Crippen LogP contribution in [0.3, 0.4) is 0 Å². The Morgan fingerprint density at radius 3 is 2.63 bits per heavy atom. The molecule has 1 unspecified atom stereocenters. The summed E-state index contributed by atoms with van der Waals surface area (Å²) in [5.41, 5.74) is 2.23. The van der Waals surface area contributed by atoms with E-state index >= 15 is 0 Å². The quantitative estimate of drug-likeness (QED) is 0.420. The second-order valence-corrected chi connectivity index (χ2v) is 7.27. The van der Waals surface area contributed by atoms with E-state index in [-0.39, 0.29) is 12.5 Å². The highest BCUT2D eigenvalue weighted by Crippen LogP contribution is 2.20. The molecule has 0 spiro atoms. The Morgan fingerprint density at radius 1 is 1.03 bits per heavy atom. The summed E-state index contributed by atoms with van der Waals surface area (Å²) in [7, 11) is 0. The predicted molar refractivity (Wildman–Crippen MR) is 115 cm³/mol. The number of carbonyl (C=O) groups is 2. The topological polar surface area (TPSA) is 87.1 Å². The zero-order valence-corrected chi connectivity index (χ0v) is 16.8. The number of aromatic nitrogens is 1. The Kier molecular flexibility index (Phi) is 5.86. The van der Waals surface area contributed by atoms with E-state index in [0.717, 1.165) is 16.5 Å². The van der Waals surface area contributed by atoms with E-state index in [2.05, 4.69) is 15.6 Å². The van der Waals surface area contributed by atoms with Crippen molar-refractivity contribution in [3.63, 3.8) is 0 Å². The van der Waals surface area contributed by atoms with Crippen LogP contribution in [0.15, 0.2) is 77.5 Å². The van der Waals surface area contributed by atoms with Gasteiger partial charge in [-0.15, -0.1) is 0 Å². The fourth-order valence-electron chi connectivity index (χ4n) is 3.32. The number of aromatic amines is 1. The van der Waals surface area contributed by atoms with Gasteiger partial charge < -0.3 is 20.0 Å². The van der Waals surface area contributed by atoms with E-state index in [4.69, 9.17) is 16.0 Å². The van der Waals surface area contributed by atoms with Crippen molar-refractivity contribution in [3.8, 4) is 0 Å². The van der Waals surface area contributed by atoms with E-state index in [1.807, 2.05) is 30.5 Å². The molecule has 0 aliphatic carbocycles. The zero-order valence-electron chi connectivity index (χ0n) is 16.0. The number of furan rings is 1. The smallest absolute Gasteiger partial charge is 0.253 e. The lowest BCUT2D eigenvalue weighted by molar-refractivity contribution is -0.123. The molecule has 0 aliphatic heterocycles. The number of H-pyrrole nitrogens is 1. The average Bonchev–Trinajstić information content (AvgIpc) is 3.42. The number of para-hydroxylation sites is 1. The van der Waals surface area contributed by atoms with Crippen LogP contribution in [0.25, 0.3) is 10.9 Å². The van der Waals surface area contributed by atoms with Crippen molar-refractivity contribution in [1.29, 1.82) is 0 Å². The van der Waals surface area contributed by atoms with Crippen molar-refractivity contribution in [2.24, 2.45) is 0 Å². The molecule has 4 rings (SSSR count). The number of rotatable bonds is 7. The highest BCUT2D eigenvalue weighted by Gasteiger charge is 2.24. The van der Waals surface area contributed by atoms with Gasteiger partial charge >= 0.3 is 0 Å². The van der Waals surface area contributed by atoms with Gasteiger partial charge in [0.1, 0.15) is 11.8 Å². The molecular formula is C23H20ClN3O3. The normalized spacial score (nSPS) is 11.9. The lowest BCUT2D eigenvalue weighted by Gasteiger charge is -2.18. The van der Waals surface area contributed by atoms with E-state index in [9.17, 15) is 9.59 Å². The number of amides is 2. The summed E-state index contributed by atoms with van der Waals surface area (Å²) in [6.45, 7) is 0.234. The lowest BCUT2D eigenvalue weighted by atomic mass is 10.0. The van der Waals surface area contributed by atoms with E-state index < -0.39 is 11.9 Å². The monoisotopic (exact) mass is 421 g/mol. The van der Waals surface area contributed by atoms with Crippen LogP contribution in [0, 0.1) is 0 Å². The Hall–Kier alpha value is -3.51. The predicted octanol–water partition coefficient (Wildman–Crippen LogP) is 4.07.